The van der Waals surface area contributed by atoms with Crippen molar-refractivity contribution in [1.29, 1.82) is 0 Å². The molecule has 0 aromatic carbocycles. The van der Waals surface area contributed by atoms with Gasteiger partial charge < -0.3 is 9.88 Å². The number of imidazole rings is 1. The predicted octanol–water partition coefficient (Wildman–Crippen LogP) is 3.54. The second-order valence-electron chi connectivity index (χ2n) is 4.80. The van der Waals surface area contributed by atoms with Crippen molar-refractivity contribution in [2.45, 2.75) is 39.3 Å². The lowest BCUT2D eigenvalue weighted by Crippen LogP contribution is -2.26. The van der Waals surface area contributed by atoms with E-state index in [0.717, 1.165) is 41.8 Å². The van der Waals surface area contributed by atoms with Crippen LogP contribution in [0.3, 0.4) is 0 Å². The van der Waals surface area contributed by atoms with Crippen LogP contribution in [0.15, 0.2) is 35.3 Å². The number of aryl methyl sites for hydroxylation is 1. The second kappa shape index (κ2) is 7.55. The highest BCUT2D eigenvalue weighted by Gasteiger charge is 2.18. The zero-order valence-electron chi connectivity index (χ0n) is 12.0. The molecular weight excluding hydrogens is 316 g/mol. The van der Waals surface area contributed by atoms with Crippen LogP contribution in [0.4, 0.5) is 0 Å². The van der Waals surface area contributed by atoms with Gasteiger partial charge in [0, 0.05) is 35.8 Å². The van der Waals surface area contributed by atoms with Gasteiger partial charge in [0.1, 0.15) is 5.82 Å². The molecule has 0 aliphatic rings. The molecule has 0 radical (unpaired) electrons. The Morgan fingerprint density at radius 1 is 1.30 bits per heavy atom. The summed E-state index contributed by atoms with van der Waals surface area (Å²) in [6.45, 7) is 6.29. The highest BCUT2D eigenvalue weighted by Crippen LogP contribution is 2.23. The van der Waals surface area contributed by atoms with Gasteiger partial charge in [0.15, 0.2) is 0 Å². The van der Waals surface area contributed by atoms with Crippen molar-refractivity contribution in [3.8, 4) is 0 Å². The Hall–Kier alpha value is -1.20. The minimum Gasteiger partial charge on any atom is -0.333 e. The van der Waals surface area contributed by atoms with Gasteiger partial charge in [-0.2, -0.15) is 0 Å². The molecule has 4 nitrogen and oxygen atoms in total. The molecular formula is C15H21BrN4. The summed E-state index contributed by atoms with van der Waals surface area (Å²) in [5, 5.41) is 3.57. The summed E-state index contributed by atoms with van der Waals surface area (Å²) in [5.74, 6) is 1.06. The summed E-state index contributed by atoms with van der Waals surface area (Å²) in [6, 6.07) is 2.19. The minimum atomic E-state index is 0.0847. The number of aromatic nitrogens is 3. The van der Waals surface area contributed by atoms with Crippen molar-refractivity contribution in [1.82, 2.24) is 19.9 Å². The van der Waals surface area contributed by atoms with Crippen molar-refractivity contribution in [2.75, 3.05) is 6.54 Å². The molecule has 0 amide bonds. The third-order valence-electron chi connectivity index (χ3n) is 3.13. The zero-order chi connectivity index (χ0) is 14.4. The van der Waals surface area contributed by atoms with E-state index in [9.17, 15) is 0 Å². The molecule has 0 aliphatic heterocycles. The van der Waals surface area contributed by atoms with Crippen LogP contribution in [0.1, 0.15) is 44.1 Å². The average molecular weight is 337 g/mol. The molecule has 1 atom stereocenters. The molecule has 108 valence electrons. The summed E-state index contributed by atoms with van der Waals surface area (Å²) in [6.07, 6.45) is 9.82. The van der Waals surface area contributed by atoms with Crippen LogP contribution in [0.5, 0.6) is 0 Å². The van der Waals surface area contributed by atoms with Crippen LogP contribution in [0.2, 0.25) is 0 Å². The number of nitrogens with zero attached hydrogens (tertiary/aromatic N) is 3. The molecule has 5 heteroatoms. The Labute approximate surface area is 128 Å². The molecule has 0 saturated heterocycles. The van der Waals surface area contributed by atoms with Crippen molar-refractivity contribution in [2.24, 2.45) is 0 Å². The summed E-state index contributed by atoms with van der Waals surface area (Å²) in [4.78, 5) is 8.83. The molecule has 0 saturated carbocycles. The van der Waals surface area contributed by atoms with Crippen LogP contribution in [0, 0.1) is 0 Å². The molecule has 0 aliphatic carbocycles. The van der Waals surface area contributed by atoms with Crippen molar-refractivity contribution >= 4 is 15.9 Å². The highest BCUT2D eigenvalue weighted by atomic mass is 79.9. The lowest BCUT2D eigenvalue weighted by molar-refractivity contribution is 0.529. The van der Waals surface area contributed by atoms with E-state index in [1.165, 1.54) is 0 Å². The molecule has 1 N–H and O–H groups in total. The number of hydrogen-bond acceptors (Lipinski definition) is 3. The number of hydrogen-bond donors (Lipinski definition) is 1. The lowest BCUT2D eigenvalue weighted by atomic mass is 10.1. The van der Waals surface area contributed by atoms with E-state index >= 15 is 0 Å². The van der Waals surface area contributed by atoms with Gasteiger partial charge in [0.2, 0.25) is 0 Å². The quantitative estimate of drug-likeness (QED) is 0.840. The average Bonchev–Trinajstić information content (AvgIpc) is 2.88. The van der Waals surface area contributed by atoms with E-state index in [1.807, 2.05) is 18.6 Å². The van der Waals surface area contributed by atoms with E-state index in [4.69, 9.17) is 0 Å². The topological polar surface area (TPSA) is 42.7 Å². The Bertz CT molecular complexity index is 538. The third-order valence-corrected chi connectivity index (χ3v) is 3.56. The normalized spacial score (nSPS) is 12.6. The van der Waals surface area contributed by atoms with E-state index in [1.54, 1.807) is 6.20 Å². The van der Waals surface area contributed by atoms with Gasteiger partial charge in [-0.25, -0.2) is 4.98 Å². The molecule has 1 unspecified atom stereocenters. The van der Waals surface area contributed by atoms with Crippen LogP contribution < -0.4 is 5.32 Å². The fourth-order valence-electron chi connectivity index (χ4n) is 2.24. The van der Waals surface area contributed by atoms with Crippen molar-refractivity contribution < 1.29 is 0 Å². The molecule has 0 bridgehead atoms. The number of nitrogens with one attached hydrogen (secondary N) is 1. The minimum absolute atomic E-state index is 0.0847. The van der Waals surface area contributed by atoms with E-state index in [-0.39, 0.29) is 6.04 Å². The van der Waals surface area contributed by atoms with Crippen molar-refractivity contribution in [3.63, 3.8) is 0 Å². The van der Waals surface area contributed by atoms with Gasteiger partial charge in [-0.1, -0.05) is 13.8 Å². The largest absolute Gasteiger partial charge is 0.333 e. The highest BCUT2D eigenvalue weighted by molar-refractivity contribution is 9.10. The van der Waals surface area contributed by atoms with Crippen LogP contribution in [-0.4, -0.2) is 21.1 Å². The van der Waals surface area contributed by atoms with Crippen LogP contribution in [-0.2, 0) is 6.54 Å². The Balaban J connectivity index is 2.33. The Morgan fingerprint density at radius 3 is 2.85 bits per heavy atom. The number of pyridine rings is 1. The second-order valence-corrected chi connectivity index (χ2v) is 5.72. The van der Waals surface area contributed by atoms with Gasteiger partial charge in [-0.3, -0.25) is 4.98 Å². The molecule has 0 spiro atoms. The van der Waals surface area contributed by atoms with Crippen LogP contribution >= 0.6 is 15.9 Å². The van der Waals surface area contributed by atoms with E-state index in [0.29, 0.717) is 0 Å². The van der Waals surface area contributed by atoms with Gasteiger partial charge in [-0.05, 0) is 46.9 Å². The fourth-order valence-corrected chi connectivity index (χ4v) is 2.63. The summed E-state index contributed by atoms with van der Waals surface area (Å²) >= 11 is 3.49. The van der Waals surface area contributed by atoms with Crippen molar-refractivity contribution in [3.05, 3.63) is 46.7 Å². The van der Waals surface area contributed by atoms with Gasteiger partial charge in [0.25, 0.3) is 0 Å². The first-order chi connectivity index (χ1) is 9.76. The Kier molecular flexibility index (Phi) is 5.73. The van der Waals surface area contributed by atoms with Gasteiger partial charge >= 0.3 is 0 Å². The van der Waals surface area contributed by atoms with Gasteiger partial charge in [0.05, 0.1) is 6.04 Å². The zero-order valence-corrected chi connectivity index (χ0v) is 13.6. The van der Waals surface area contributed by atoms with Gasteiger partial charge in [-0.15, -0.1) is 0 Å². The molecule has 2 aromatic heterocycles. The molecule has 20 heavy (non-hydrogen) atoms. The predicted molar refractivity (Wildman–Crippen MR) is 84.6 cm³/mol. The molecule has 2 rings (SSSR count). The summed E-state index contributed by atoms with van der Waals surface area (Å²) < 4.78 is 3.21. The number of halogens is 1. The maximum Gasteiger partial charge on any atom is 0.130 e. The smallest absolute Gasteiger partial charge is 0.130 e. The molecule has 2 heterocycles. The Morgan fingerprint density at radius 2 is 2.15 bits per heavy atom. The maximum atomic E-state index is 4.55. The molecule has 0 fully saturated rings. The SMILES string of the molecule is CCCNC(c1cncc(Br)c1)c1nccn1CCC. The first-order valence-electron chi connectivity index (χ1n) is 7.11. The monoisotopic (exact) mass is 336 g/mol. The molecule has 2 aromatic rings. The van der Waals surface area contributed by atoms with E-state index < -0.39 is 0 Å². The summed E-state index contributed by atoms with van der Waals surface area (Å²) in [7, 11) is 0. The maximum absolute atomic E-state index is 4.55. The van der Waals surface area contributed by atoms with Crippen LogP contribution in [0.25, 0.3) is 0 Å². The standard InChI is InChI=1S/C15H21BrN4/c1-3-5-18-14(12-9-13(16)11-17-10-12)15-19-6-8-20(15)7-4-2/h6,8-11,14,18H,3-5,7H2,1-2H3. The summed E-state index contributed by atoms with van der Waals surface area (Å²) in [5.41, 5.74) is 1.14. The fraction of sp³-hybridized carbons (Fsp3) is 0.467. The third kappa shape index (κ3) is 3.67. The van der Waals surface area contributed by atoms with E-state index in [2.05, 4.69) is 55.7 Å². The first-order valence-corrected chi connectivity index (χ1v) is 7.90. The lowest BCUT2D eigenvalue weighted by Gasteiger charge is -2.20. The first kappa shape index (κ1) is 15.2. The number of rotatable bonds is 7.